The first-order chi connectivity index (χ1) is 12.3. The van der Waals surface area contributed by atoms with Crippen LogP contribution in [0, 0.1) is 10.1 Å². The summed E-state index contributed by atoms with van der Waals surface area (Å²) in [5.74, 6) is -1.84. The zero-order valence-electron chi connectivity index (χ0n) is 14.3. The van der Waals surface area contributed by atoms with Crippen molar-refractivity contribution in [3.63, 3.8) is 0 Å². The Morgan fingerprint density at radius 2 is 1.92 bits per heavy atom. The van der Waals surface area contributed by atoms with E-state index in [9.17, 15) is 19.7 Å². The van der Waals surface area contributed by atoms with Crippen LogP contribution in [0.1, 0.15) is 35.7 Å². The van der Waals surface area contributed by atoms with Crippen LogP contribution in [0.3, 0.4) is 0 Å². The van der Waals surface area contributed by atoms with E-state index < -0.39 is 29.1 Å². The predicted octanol–water partition coefficient (Wildman–Crippen LogP) is 3.43. The van der Waals surface area contributed by atoms with Crippen molar-refractivity contribution in [3.05, 3.63) is 63.7 Å². The standard InChI is InChI=1S/C18H18N2O6/c1-11(2)13-5-3-4-6-14(13)19-17(21)10-26-16-9-12(18(22)23)7-8-15(16)20(24)25/h3-9,11H,10H2,1-2H3,(H,19,21)(H,22,23). The number of carbonyl (C=O) groups excluding carboxylic acids is 1. The summed E-state index contributed by atoms with van der Waals surface area (Å²) >= 11 is 0. The first kappa shape index (κ1) is 18.9. The van der Waals surface area contributed by atoms with E-state index in [0.717, 1.165) is 23.8 Å². The second kappa shape index (κ2) is 8.11. The van der Waals surface area contributed by atoms with Crippen molar-refractivity contribution in [2.45, 2.75) is 19.8 Å². The minimum atomic E-state index is -1.25. The van der Waals surface area contributed by atoms with E-state index in [-0.39, 0.29) is 17.2 Å². The van der Waals surface area contributed by atoms with Crippen LogP contribution in [0.15, 0.2) is 42.5 Å². The summed E-state index contributed by atoms with van der Waals surface area (Å²) in [5.41, 5.74) is 0.992. The molecule has 0 aliphatic carbocycles. The summed E-state index contributed by atoms with van der Waals surface area (Å²) in [7, 11) is 0. The highest BCUT2D eigenvalue weighted by atomic mass is 16.6. The van der Waals surface area contributed by atoms with Gasteiger partial charge < -0.3 is 15.2 Å². The number of anilines is 1. The summed E-state index contributed by atoms with van der Waals surface area (Å²) in [6.45, 7) is 3.49. The number of rotatable bonds is 7. The smallest absolute Gasteiger partial charge is 0.335 e. The molecule has 0 spiro atoms. The van der Waals surface area contributed by atoms with Gasteiger partial charge in [0.25, 0.3) is 5.91 Å². The Kier molecular flexibility index (Phi) is 5.90. The van der Waals surface area contributed by atoms with E-state index in [0.29, 0.717) is 5.69 Å². The van der Waals surface area contributed by atoms with Gasteiger partial charge in [-0.15, -0.1) is 0 Å². The Morgan fingerprint density at radius 3 is 2.54 bits per heavy atom. The maximum Gasteiger partial charge on any atom is 0.335 e. The van der Waals surface area contributed by atoms with Crippen LogP contribution >= 0.6 is 0 Å². The van der Waals surface area contributed by atoms with Crippen LogP contribution in [-0.2, 0) is 4.79 Å². The maximum absolute atomic E-state index is 12.1. The number of aromatic carboxylic acids is 1. The number of carboxylic acids is 1. The summed E-state index contributed by atoms with van der Waals surface area (Å²) in [6.07, 6.45) is 0. The number of nitrogens with one attached hydrogen (secondary N) is 1. The van der Waals surface area contributed by atoms with E-state index in [1.807, 2.05) is 26.0 Å². The van der Waals surface area contributed by atoms with Gasteiger partial charge in [0.2, 0.25) is 0 Å². The number of hydrogen-bond donors (Lipinski definition) is 2. The van der Waals surface area contributed by atoms with Crippen molar-refractivity contribution in [2.24, 2.45) is 0 Å². The van der Waals surface area contributed by atoms with Crippen LogP contribution in [-0.4, -0.2) is 28.5 Å². The molecule has 2 rings (SSSR count). The molecule has 0 unspecified atom stereocenters. The van der Waals surface area contributed by atoms with Gasteiger partial charge in [-0.2, -0.15) is 0 Å². The second-order valence-electron chi connectivity index (χ2n) is 5.82. The van der Waals surface area contributed by atoms with Gasteiger partial charge in [-0.3, -0.25) is 14.9 Å². The third kappa shape index (κ3) is 4.56. The molecule has 0 heterocycles. The number of nitrogens with zero attached hydrogens (tertiary/aromatic N) is 1. The Hall–Kier alpha value is -3.42. The van der Waals surface area contributed by atoms with Crippen LogP contribution < -0.4 is 10.1 Å². The molecule has 0 aliphatic rings. The molecule has 136 valence electrons. The quantitative estimate of drug-likeness (QED) is 0.578. The van der Waals surface area contributed by atoms with Crippen molar-refractivity contribution in [1.29, 1.82) is 0 Å². The molecular weight excluding hydrogens is 340 g/mol. The third-order valence-corrected chi connectivity index (χ3v) is 3.62. The van der Waals surface area contributed by atoms with Crippen LogP contribution in [0.2, 0.25) is 0 Å². The zero-order valence-corrected chi connectivity index (χ0v) is 14.3. The van der Waals surface area contributed by atoms with E-state index in [1.165, 1.54) is 0 Å². The highest BCUT2D eigenvalue weighted by molar-refractivity contribution is 5.93. The molecule has 0 aromatic heterocycles. The molecule has 0 saturated heterocycles. The van der Waals surface area contributed by atoms with Gasteiger partial charge in [0.15, 0.2) is 12.4 Å². The topological polar surface area (TPSA) is 119 Å². The molecule has 0 aliphatic heterocycles. The molecule has 0 fully saturated rings. The number of nitro groups is 1. The number of amides is 1. The van der Waals surface area contributed by atoms with Crippen molar-refractivity contribution in [2.75, 3.05) is 11.9 Å². The van der Waals surface area contributed by atoms with Crippen molar-refractivity contribution in [3.8, 4) is 5.75 Å². The Morgan fingerprint density at radius 1 is 1.23 bits per heavy atom. The first-order valence-corrected chi connectivity index (χ1v) is 7.83. The summed E-state index contributed by atoms with van der Waals surface area (Å²) < 4.78 is 5.21. The number of carboxylic acid groups (broad SMARTS) is 1. The molecule has 26 heavy (non-hydrogen) atoms. The van der Waals surface area contributed by atoms with Gasteiger partial charge in [-0.25, -0.2) is 4.79 Å². The van der Waals surface area contributed by atoms with Crippen LogP contribution in [0.25, 0.3) is 0 Å². The van der Waals surface area contributed by atoms with Crippen molar-refractivity contribution < 1.29 is 24.4 Å². The number of hydrogen-bond acceptors (Lipinski definition) is 5. The number of carbonyl (C=O) groups is 2. The fourth-order valence-corrected chi connectivity index (χ4v) is 2.36. The molecule has 8 heteroatoms. The lowest BCUT2D eigenvalue weighted by molar-refractivity contribution is -0.385. The van der Waals surface area contributed by atoms with E-state index in [4.69, 9.17) is 9.84 Å². The van der Waals surface area contributed by atoms with Crippen LogP contribution in [0.4, 0.5) is 11.4 Å². The highest BCUT2D eigenvalue weighted by Gasteiger charge is 2.19. The molecule has 0 atom stereocenters. The zero-order chi connectivity index (χ0) is 19.3. The molecule has 0 bridgehead atoms. The lowest BCUT2D eigenvalue weighted by atomic mass is 10.0. The number of benzene rings is 2. The van der Waals surface area contributed by atoms with E-state index >= 15 is 0 Å². The average Bonchev–Trinajstić information content (AvgIpc) is 2.59. The molecule has 2 aromatic rings. The van der Waals surface area contributed by atoms with Gasteiger partial charge in [-0.1, -0.05) is 32.0 Å². The van der Waals surface area contributed by atoms with Gasteiger partial charge >= 0.3 is 11.7 Å². The van der Waals surface area contributed by atoms with Gasteiger partial charge in [0.1, 0.15) is 0 Å². The fraction of sp³-hybridized carbons (Fsp3) is 0.222. The van der Waals surface area contributed by atoms with Gasteiger partial charge in [0.05, 0.1) is 10.5 Å². The van der Waals surface area contributed by atoms with Gasteiger partial charge in [0, 0.05) is 17.8 Å². The first-order valence-electron chi connectivity index (χ1n) is 7.83. The second-order valence-corrected chi connectivity index (χ2v) is 5.82. The lowest BCUT2D eigenvalue weighted by Crippen LogP contribution is -2.21. The molecule has 0 radical (unpaired) electrons. The van der Waals surface area contributed by atoms with E-state index in [2.05, 4.69) is 5.32 Å². The molecule has 8 nitrogen and oxygen atoms in total. The monoisotopic (exact) mass is 358 g/mol. The largest absolute Gasteiger partial charge is 0.478 e. The molecule has 0 saturated carbocycles. The number of ether oxygens (including phenoxy) is 1. The summed E-state index contributed by atoms with van der Waals surface area (Å²) in [5, 5.41) is 22.7. The average molecular weight is 358 g/mol. The fourth-order valence-electron chi connectivity index (χ4n) is 2.36. The minimum Gasteiger partial charge on any atom is -0.478 e. The maximum atomic E-state index is 12.1. The minimum absolute atomic E-state index is 0.170. The third-order valence-electron chi connectivity index (χ3n) is 3.62. The molecular formula is C18H18N2O6. The van der Waals surface area contributed by atoms with Crippen molar-refractivity contribution >= 4 is 23.3 Å². The van der Waals surface area contributed by atoms with Gasteiger partial charge in [-0.05, 0) is 23.6 Å². The number of nitro benzene ring substituents is 1. The van der Waals surface area contributed by atoms with Crippen molar-refractivity contribution in [1.82, 2.24) is 0 Å². The Bertz CT molecular complexity index is 847. The van der Waals surface area contributed by atoms with Crippen LogP contribution in [0.5, 0.6) is 5.75 Å². The lowest BCUT2D eigenvalue weighted by Gasteiger charge is -2.14. The summed E-state index contributed by atoms with van der Waals surface area (Å²) in [4.78, 5) is 33.5. The van der Waals surface area contributed by atoms with E-state index in [1.54, 1.807) is 12.1 Å². The highest BCUT2D eigenvalue weighted by Crippen LogP contribution is 2.28. The number of para-hydroxylation sites is 1. The summed E-state index contributed by atoms with van der Waals surface area (Å²) in [6, 6.07) is 10.4. The Balaban J connectivity index is 2.13. The predicted molar refractivity (Wildman–Crippen MR) is 94.7 cm³/mol. The molecule has 2 N–H and O–H groups in total. The Labute approximate surface area is 149 Å². The molecule has 2 aromatic carbocycles. The molecule has 1 amide bonds. The SMILES string of the molecule is CC(C)c1ccccc1NC(=O)COc1cc(C(=O)O)ccc1[N+](=O)[O-]. The normalized spacial score (nSPS) is 10.4.